The van der Waals surface area contributed by atoms with Gasteiger partial charge in [0, 0.05) is 16.3 Å². The van der Waals surface area contributed by atoms with Gasteiger partial charge in [0.1, 0.15) is 11.3 Å². The number of aromatic nitrogens is 1. The van der Waals surface area contributed by atoms with E-state index in [2.05, 4.69) is 41.6 Å². The summed E-state index contributed by atoms with van der Waals surface area (Å²) >= 11 is 17.1. The van der Waals surface area contributed by atoms with Crippen LogP contribution in [0.4, 0.5) is 5.69 Å². The van der Waals surface area contributed by atoms with E-state index in [-0.39, 0.29) is 11.7 Å². The van der Waals surface area contributed by atoms with E-state index < -0.39 is 5.91 Å². The van der Waals surface area contributed by atoms with E-state index >= 15 is 0 Å². The van der Waals surface area contributed by atoms with Crippen LogP contribution in [0.25, 0.3) is 22.6 Å². The molecule has 35 heavy (non-hydrogen) atoms. The van der Waals surface area contributed by atoms with Crippen molar-refractivity contribution in [2.45, 2.75) is 26.2 Å². The molecule has 0 spiro atoms. The Kier molecular flexibility index (Phi) is 7.90. The van der Waals surface area contributed by atoms with E-state index in [0.717, 1.165) is 23.1 Å². The molecule has 2 N–H and O–H groups in total. The number of hydrogen-bond donors (Lipinski definition) is 2. The summed E-state index contributed by atoms with van der Waals surface area (Å²) in [5.74, 6) is 0.946. The van der Waals surface area contributed by atoms with Gasteiger partial charge in [0.15, 0.2) is 17.3 Å². The molecule has 1 heterocycles. The second-order valence-electron chi connectivity index (χ2n) is 8.00. The molecule has 1 atom stereocenters. The third kappa shape index (κ3) is 6.31. The van der Waals surface area contributed by atoms with Crippen LogP contribution < -0.4 is 15.4 Å². The summed E-state index contributed by atoms with van der Waals surface area (Å²) < 4.78 is 11.3. The lowest BCUT2D eigenvalue weighted by atomic mass is 9.98. The Bertz CT molecular complexity index is 1370. The number of amides is 1. The summed E-state index contributed by atoms with van der Waals surface area (Å²) in [4.78, 5) is 16.8. The van der Waals surface area contributed by atoms with Crippen molar-refractivity contribution >= 4 is 63.2 Å². The van der Waals surface area contributed by atoms with Crippen LogP contribution in [0.15, 0.2) is 65.1 Å². The van der Waals surface area contributed by atoms with Crippen molar-refractivity contribution in [1.29, 1.82) is 0 Å². The third-order valence-electron chi connectivity index (χ3n) is 5.49. The summed E-state index contributed by atoms with van der Waals surface area (Å²) in [5.41, 5.74) is 4.37. The van der Waals surface area contributed by atoms with Crippen molar-refractivity contribution in [2.24, 2.45) is 0 Å². The van der Waals surface area contributed by atoms with Gasteiger partial charge >= 0.3 is 0 Å². The number of rotatable bonds is 7. The first kappa shape index (κ1) is 25.0. The molecule has 0 fully saturated rings. The third-order valence-corrected chi connectivity index (χ3v) is 6.22. The van der Waals surface area contributed by atoms with E-state index in [4.69, 9.17) is 44.6 Å². The lowest BCUT2D eigenvalue weighted by Crippen LogP contribution is -2.37. The molecule has 3 aromatic carbocycles. The van der Waals surface area contributed by atoms with Crippen LogP contribution in [0.3, 0.4) is 0 Å². The Labute approximate surface area is 218 Å². The van der Waals surface area contributed by atoms with E-state index in [9.17, 15) is 4.79 Å². The molecule has 1 aromatic heterocycles. The first-order valence-electron chi connectivity index (χ1n) is 11.0. The lowest BCUT2D eigenvalue weighted by Gasteiger charge is -2.11. The fourth-order valence-corrected chi connectivity index (χ4v) is 4.06. The lowest BCUT2D eigenvalue weighted by molar-refractivity contribution is -0.121. The van der Waals surface area contributed by atoms with Gasteiger partial charge in [-0.2, -0.15) is 0 Å². The molecule has 6 nitrogen and oxygen atoms in total. The number of nitrogens with zero attached hydrogens (tertiary/aromatic N) is 1. The predicted octanol–water partition coefficient (Wildman–Crippen LogP) is 7.21. The zero-order chi connectivity index (χ0) is 24.9. The van der Waals surface area contributed by atoms with Gasteiger partial charge < -0.3 is 14.5 Å². The van der Waals surface area contributed by atoms with E-state index in [1.807, 2.05) is 30.3 Å². The Balaban J connectivity index is 1.33. The van der Waals surface area contributed by atoms with Crippen LogP contribution in [0, 0.1) is 0 Å². The first-order valence-corrected chi connectivity index (χ1v) is 12.2. The minimum Gasteiger partial charge on any atom is -0.482 e. The van der Waals surface area contributed by atoms with Gasteiger partial charge in [-0.25, -0.2) is 4.98 Å². The van der Waals surface area contributed by atoms with E-state index in [0.29, 0.717) is 33.3 Å². The summed E-state index contributed by atoms with van der Waals surface area (Å²) in [6.07, 6.45) is 1.07. The number of halogens is 2. The number of nitrogens with one attached hydrogen (secondary N) is 2. The quantitative estimate of drug-likeness (QED) is 0.247. The van der Waals surface area contributed by atoms with E-state index in [1.54, 1.807) is 12.1 Å². The largest absolute Gasteiger partial charge is 0.482 e. The molecular weight excluding hydrogens is 505 g/mol. The van der Waals surface area contributed by atoms with Crippen molar-refractivity contribution in [1.82, 2.24) is 10.3 Å². The van der Waals surface area contributed by atoms with Gasteiger partial charge in [-0.05, 0) is 84.7 Å². The molecule has 180 valence electrons. The summed E-state index contributed by atoms with van der Waals surface area (Å²) in [7, 11) is 0. The van der Waals surface area contributed by atoms with Crippen molar-refractivity contribution < 1.29 is 13.9 Å². The van der Waals surface area contributed by atoms with Gasteiger partial charge in [-0.1, -0.05) is 43.1 Å². The Hall–Kier alpha value is -3.13. The highest BCUT2D eigenvalue weighted by Crippen LogP contribution is 2.29. The second-order valence-corrected chi connectivity index (χ2v) is 9.25. The standard InChI is InChI=1S/C26H23Cl2N3O3S/c1-3-15(2)17-6-10-23-21(12-17)30-25(34-23)16-4-8-19(9-5-16)29-26(35)31-24(32)14-33-22-11-7-18(27)13-20(22)28/h4-13,15H,3,14H2,1-2H3,(H2,29,31,32,35). The van der Waals surface area contributed by atoms with Gasteiger partial charge in [0.05, 0.1) is 5.02 Å². The van der Waals surface area contributed by atoms with Crippen molar-refractivity contribution in [3.05, 3.63) is 76.3 Å². The zero-order valence-corrected chi connectivity index (χ0v) is 21.4. The fraction of sp³-hybridized carbons (Fsp3) is 0.192. The van der Waals surface area contributed by atoms with Gasteiger partial charge in [-0.3, -0.25) is 10.1 Å². The maximum atomic E-state index is 12.2. The first-order chi connectivity index (χ1) is 16.8. The van der Waals surface area contributed by atoms with Crippen LogP contribution >= 0.6 is 35.4 Å². The van der Waals surface area contributed by atoms with Crippen LogP contribution in [-0.2, 0) is 4.79 Å². The Morgan fingerprint density at radius 1 is 1.11 bits per heavy atom. The summed E-state index contributed by atoms with van der Waals surface area (Å²) in [6, 6.07) is 18.3. The average molecular weight is 528 g/mol. The topological polar surface area (TPSA) is 76.4 Å². The molecule has 1 unspecified atom stereocenters. The molecule has 0 radical (unpaired) electrons. The zero-order valence-electron chi connectivity index (χ0n) is 19.1. The normalized spacial score (nSPS) is 11.8. The highest BCUT2D eigenvalue weighted by Gasteiger charge is 2.12. The van der Waals surface area contributed by atoms with Crippen LogP contribution in [-0.4, -0.2) is 22.6 Å². The smallest absolute Gasteiger partial charge is 0.264 e. The molecule has 9 heteroatoms. The molecular formula is C26H23Cl2N3O3S. The molecule has 4 aromatic rings. The molecule has 0 aliphatic carbocycles. The maximum absolute atomic E-state index is 12.2. The van der Waals surface area contributed by atoms with Gasteiger partial charge in [0.25, 0.3) is 5.91 Å². The van der Waals surface area contributed by atoms with Gasteiger partial charge in [0.2, 0.25) is 5.89 Å². The summed E-state index contributed by atoms with van der Waals surface area (Å²) in [6.45, 7) is 4.11. The Morgan fingerprint density at radius 3 is 2.60 bits per heavy atom. The molecule has 1 amide bonds. The monoisotopic (exact) mass is 527 g/mol. The number of hydrogen-bond acceptors (Lipinski definition) is 5. The molecule has 0 bridgehead atoms. The number of oxazole rings is 1. The maximum Gasteiger partial charge on any atom is 0.264 e. The van der Waals surface area contributed by atoms with Crippen LogP contribution in [0.1, 0.15) is 31.7 Å². The highest BCUT2D eigenvalue weighted by molar-refractivity contribution is 7.80. The number of anilines is 1. The molecule has 0 saturated carbocycles. The van der Waals surface area contributed by atoms with E-state index in [1.165, 1.54) is 11.6 Å². The van der Waals surface area contributed by atoms with Crippen molar-refractivity contribution in [3.8, 4) is 17.2 Å². The number of ether oxygens (including phenoxy) is 1. The molecule has 0 aliphatic rings. The van der Waals surface area contributed by atoms with Crippen molar-refractivity contribution in [3.63, 3.8) is 0 Å². The second kappa shape index (κ2) is 11.1. The number of fused-ring (bicyclic) bond motifs is 1. The minimum absolute atomic E-state index is 0.146. The number of thiocarbonyl (C=S) groups is 1. The SMILES string of the molecule is CCC(C)c1ccc2oc(-c3ccc(NC(=S)NC(=O)COc4ccc(Cl)cc4Cl)cc3)nc2c1. The average Bonchev–Trinajstić information content (AvgIpc) is 3.27. The van der Waals surface area contributed by atoms with Crippen molar-refractivity contribution in [2.75, 3.05) is 11.9 Å². The summed E-state index contributed by atoms with van der Waals surface area (Å²) in [5, 5.41) is 6.49. The van der Waals surface area contributed by atoms with Gasteiger partial charge in [-0.15, -0.1) is 0 Å². The van der Waals surface area contributed by atoms with Crippen LogP contribution in [0.5, 0.6) is 5.75 Å². The highest BCUT2D eigenvalue weighted by atomic mass is 35.5. The fourth-order valence-electron chi connectivity index (χ4n) is 3.37. The Morgan fingerprint density at radius 2 is 1.89 bits per heavy atom. The van der Waals surface area contributed by atoms with Crippen LogP contribution in [0.2, 0.25) is 10.0 Å². The minimum atomic E-state index is -0.423. The number of carbonyl (C=O) groups excluding carboxylic acids is 1. The number of carbonyl (C=O) groups is 1. The predicted molar refractivity (Wildman–Crippen MR) is 144 cm³/mol. The number of benzene rings is 3. The molecule has 4 rings (SSSR count). The molecule has 0 aliphatic heterocycles. The molecule has 0 saturated heterocycles.